The van der Waals surface area contributed by atoms with Gasteiger partial charge in [0.15, 0.2) is 0 Å². The van der Waals surface area contributed by atoms with E-state index in [2.05, 4.69) is 55.6 Å². The highest BCUT2D eigenvalue weighted by atomic mass is 15.0. The molecular weight excluding hydrogens is 256 g/mol. The van der Waals surface area contributed by atoms with E-state index in [1.54, 1.807) is 0 Å². The molecule has 106 valence electrons. The second-order valence-electron chi connectivity index (χ2n) is 6.26. The Morgan fingerprint density at radius 1 is 1.19 bits per heavy atom. The summed E-state index contributed by atoms with van der Waals surface area (Å²) in [6, 6.07) is 18.8. The molecule has 2 aromatic carbocycles. The maximum Gasteiger partial charge on any atom is 0.0991 e. The van der Waals surface area contributed by atoms with Crippen LogP contribution >= 0.6 is 0 Å². The predicted molar refractivity (Wildman–Crippen MR) is 86.2 cm³/mol. The van der Waals surface area contributed by atoms with E-state index in [0.29, 0.717) is 5.92 Å². The largest absolute Gasteiger partial charge is 0.378 e. The number of nitrogens with one attached hydrogen (secondary N) is 1. The van der Waals surface area contributed by atoms with Crippen molar-refractivity contribution in [3.63, 3.8) is 0 Å². The number of nitriles is 1. The van der Waals surface area contributed by atoms with Gasteiger partial charge in [0.1, 0.15) is 0 Å². The Labute approximate surface area is 126 Å². The van der Waals surface area contributed by atoms with Crippen molar-refractivity contribution in [2.75, 3.05) is 5.32 Å². The standard InChI is InChI=1S/C19H20N2/c1-14(2)19(11-15-6-5-7-16(10-15)13-20)12-17-8-3-4-9-18(17)21-19/h3-10,14,21H,11-12H2,1-2H3. The average molecular weight is 276 g/mol. The highest BCUT2D eigenvalue weighted by Crippen LogP contribution is 2.39. The molecule has 0 radical (unpaired) electrons. The predicted octanol–water partition coefficient (Wildman–Crippen LogP) is 4.16. The van der Waals surface area contributed by atoms with E-state index in [9.17, 15) is 0 Å². The van der Waals surface area contributed by atoms with Gasteiger partial charge in [-0.25, -0.2) is 0 Å². The molecule has 0 amide bonds. The van der Waals surface area contributed by atoms with Crippen LogP contribution in [0.25, 0.3) is 0 Å². The van der Waals surface area contributed by atoms with Crippen molar-refractivity contribution in [3.8, 4) is 6.07 Å². The first-order valence-electron chi connectivity index (χ1n) is 7.48. The number of nitrogens with zero attached hydrogens (tertiary/aromatic N) is 1. The molecule has 0 saturated heterocycles. The Hall–Kier alpha value is -2.27. The number of hydrogen-bond donors (Lipinski definition) is 1. The summed E-state index contributed by atoms with van der Waals surface area (Å²) in [6.45, 7) is 4.54. The molecule has 21 heavy (non-hydrogen) atoms. The fourth-order valence-electron chi connectivity index (χ4n) is 3.22. The minimum absolute atomic E-state index is 0.0395. The van der Waals surface area contributed by atoms with E-state index >= 15 is 0 Å². The van der Waals surface area contributed by atoms with Crippen molar-refractivity contribution in [1.82, 2.24) is 0 Å². The summed E-state index contributed by atoms with van der Waals surface area (Å²) in [7, 11) is 0. The molecule has 0 bridgehead atoms. The second-order valence-corrected chi connectivity index (χ2v) is 6.26. The zero-order valence-electron chi connectivity index (χ0n) is 12.6. The first kappa shape index (κ1) is 13.7. The lowest BCUT2D eigenvalue weighted by Crippen LogP contribution is -2.44. The summed E-state index contributed by atoms with van der Waals surface area (Å²) in [5, 5.41) is 12.8. The fourth-order valence-corrected chi connectivity index (χ4v) is 3.22. The molecule has 1 atom stereocenters. The summed E-state index contributed by atoms with van der Waals surface area (Å²) in [5.74, 6) is 0.510. The summed E-state index contributed by atoms with van der Waals surface area (Å²) >= 11 is 0. The molecule has 0 aliphatic carbocycles. The van der Waals surface area contributed by atoms with Gasteiger partial charge in [-0.3, -0.25) is 0 Å². The van der Waals surface area contributed by atoms with Gasteiger partial charge < -0.3 is 5.32 Å². The molecule has 0 aromatic heterocycles. The zero-order chi connectivity index (χ0) is 14.9. The van der Waals surface area contributed by atoms with Crippen LogP contribution in [0.4, 0.5) is 5.69 Å². The molecule has 1 N–H and O–H groups in total. The number of rotatable bonds is 3. The maximum atomic E-state index is 9.07. The molecule has 2 heteroatoms. The van der Waals surface area contributed by atoms with Gasteiger partial charge >= 0.3 is 0 Å². The first-order chi connectivity index (χ1) is 10.1. The van der Waals surface area contributed by atoms with Crippen LogP contribution in [0.15, 0.2) is 48.5 Å². The molecule has 1 aliphatic rings. The molecule has 1 unspecified atom stereocenters. The quantitative estimate of drug-likeness (QED) is 0.913. The van der Waals surface area contributed by atoms with Crippen LogP contribution in [0.1, 0.15) is 30.5 Å². The van der Waals surface area contributed by atoms with Gasteiger partial charge in [-0.15, -0.1) is 0 Å². The Balaban J connectivity index is 1.92. The number of fused-ring (bicyclic) bond motifs is 1. The molecule has 3 rings (SSSR count). The van der Waals surface area contributed by atoms with Crippen molar-refractivity contribution in [1.29, 1.82) is 5.26 Å². The summed E-state index contributed by atoms with van der Waals surface area (Å²) in [4.78, 5) is 0. The first-order valence-corrected chi connectivity index (χ1v) is 7.48. The summed E-state index contributed by atoms with van der Waals surface area (Å²) < 4.78 is 0. The van der Waals surface area contributed by atoms with Gasteiger partial charge in [-0.2, -0.15) is 5.26 Å². The average Bonchev–Trinajstić information content (AvgIpc) is 2.86. The van der Waals surface area contributed by atoms with E-state index in [1.165, 1.54) is 16.8 Å². The lowest BCUT2D eigenvalue weighted by Gasteiger charge is -2.35. The van der Waals surface area contributed by atoms with Crippen molar-refractivity contribution < 1.29 is 0 Å². The SMILES string of the molecule is CC(C)C1(Cc2cccc(C#N)c2)Cc2ccccc2N1. The van der Waals surface area contributed by atoms with Crippen molar-refractivity contribution in [3.05, 3.63) is 65.2 Å². The fraction of sp³-hybridized carbons (Fsp3) is 0.316. The Bertz CT molecular complexity index is 670. The number of hydrogen-bond acceptors (Lipinski definition) is 2. The second kappa shape index (κ2) is 5.26. The molecular formula is C19H20N2. The van der Waals surface area contributed by atoms with E-state index in [-0.39, 0.29) is 5.54 Å². The van der Waals surface area contributed by atoms with Crippen LogP contribution in [-0.2, 0) is 12.8 Å². The van der Waals surface area contributed by atoms with Crippen LogP contribution in [0.3, 0.4) is 0 Å². The Morgan fingerprint density at radius 3 is 2.71 bits per heavy atom. The van der Waals surface area contributed by atoms with Crippen molar-refractivity contribution in [2.24, 2.45) is 5.92 Å². The van der Waals surface area contributed by atoms with Crippen LogP contribution in [0, 0.1) is 17.2 Å². The van der Waals surface area contributed by atoms with Crippen LogP contribution in [0.5, 0.6) is 0 Å². The van der Waals surface area contributed by atoms with Crippen LogP contribution < -0.4 is 5.32 Å². The van der Waals surface area contributed by atoms with Gasteiger partial charge in [0, 0.05) is 11.2 Å². The molecule has 1 heterocycles. The van der Waals surface area contributed by atoms with Gasteiger partial charge in [0.25, 0.3) is 0 Å². The minimum Gasteiger partial charge on any atom is -0.378 e. The molecule has 2 aromatic rings. The highest BCUT2D eigenvalue weighted by molar-refractivity contribution is 5.59. The van der Waals surface area contributed by atoms with Crippen LogP contribution in [-0.4, -0.2) is 5.54 Å². The van der Waals surface area contributed by atoms with E-state index in [0.717, 1.165) is 18.4 Å². The third-order valence-corrected chi connectivity index (χ3v) is 4.59. The smallest absolute Gasteiger partial charge is 0.0991 e. The third-order valence-electron chi connectivity index (χ3n) is 4.59. The van der Waals surface area contributed by atoms with Crippen LogP contribution in [0.2, 0.25) is 0 Å². The number of para-hydroxylation sites is 1. The lowest BCUT2D eigenvalue weighted by molar-refractivity contribution is 0.350. The van der Waals surface area contributed by atoms with E-state index < -0.39 is 0 Å². The molecule has 2 nitrogen and oxygen atoms in total. The molecule has 0 saturated carbocycles. The Morgan fingerprint density at radius 2 is 2.00 bits per heavy atom. The van der Waals surface area contributed by atoms with E-state index in [1.807, 2.05) is 18.2 Å². The molecule has 0 fully saturated rings. The maximum absolute atomic E-state index is 9.07. The van der Waals surface area contributed by atoms with E-state index in [4.69, 9.17) is 5.26 Å². The summed E-state index contributed by atoms with van der Waals surface area (Å²) in [6.07, 6.45) is 1.98. The Kier molecular flexibility index (Phi) is 3.43. The minimum atomic E-state index is 0.0395. The van der Waals surface area contributed by atoms with Gasteiger partial charge in [-0.1, -0.05) is 44.2 Å². The zero-order valence-corrected chi connectivity index (χ0v) is 12.6. The normalized spacial score (nSPS) is 19.9. The lowest BCUT2D eigenvalue weighted by atomic mass is 9.78. The summed E-state index contributed by atoms with van der Waals surface area (Å²) in [5.41, 5.74) is 4.65. The van der Waals surface area contributed by atoms with Crippen molar-refractivity contribution in [2.45, 2.75) is 32.2 Å². The molecule has 1 aliphatic heterocycles. The monoisotopic (exact) mass is 276 g/mol. The van der Waals surface area contributed by atoms with Gasteiger partial charge in [0.2, 0.25) is 0 Å². The van der Waals surface area contributed by atoms with Crippen molar-refractivity contribution >= 4 is 5.69 Å². The number of anilines is 1. The number of benzene rings is 2. The highest BCUT2D eigenvalue weighted by Gasteiger charge is 2.39. The molecule has 0 spiro atoms. The third kappa shape index (κ3) is 2.52. The topological polar surface area (TPSA) is 35.8 Å². The van der Waals surface area contributed by atoms with Gasteiger partial charge in [-0.05, 0) is 48.1 Å². The van der Waals surface area contributed by atoms with Gasteiger partial charge in [0.05, 0.1) is 11.6 Å².